The lowest BCUT2D eigenvalue weighted by Gasteiger charge is -2.35. The second kappa shape index (κ2) is 13.4. The minimum absolute atomic E-state index is 0. The second-order valence-electron chi connectivity index (χ2n) is 6.80. The Labute approximate surface area is 185 Å². The average Bonchev–Trinajstić information content (AvgIpc) is 2.72. The van der Waals surface area contributed by atoms with Crippen molar-refractivity contribution in [1.82, 2.24) is 15.2 Å². The Hall–Kier alpha value is -1.86. The molecular formula is C21H31Cl2N5O. The van der Waals surface area contributed by atoms with Crippen LogP contribution in [0.1, 0.15) is 18.9 Å². The van der Waals surface area contributed by atoms with Gasteiger partial charge in [-0.1, -0.05) is 25.1 Å². The van der Waals surface area contributed by atoms with E-state index in [2.05, 4.69) is 38.4 Å². The van der Waals surface area contributed by atoms with Crippen LogP contribution in [0.25, 0.3) is 0 Å². The summed E-state index contributed by atoms with van der Waals surface area (Å²) in [6.07, 6.45) is 2.35. The molecule has 1 aromatic carbocycles. The number of amides is 1. The van der Waals surface area contributed by atoms with E-state index in [-0.39, 0.29) is 30.7 Å². The van der Waals surface area contributed by atoms with Gasteiger partial charge >= 0.3 is 0 Å². The molecule has 2 aromatic rings. The van der Waals surface area contributed by atoms with Crippen LogP contribution in [0.5, 0.6) is 0 Å². The molecule has 1 aliphatic rings. The Kier molecular flexibility index (Phi) is 11.6. The Morgan fingerprint density at radius 2 is 1.86 bits per heavy atom. The number of piperazine rings is 1. The number of anilines is 2. The Balaban J connectivity index is 0.00000210. The van der Waals surface area contributed by atoms with Crippen LogP contribution < -0.4 is 15.5 Å². The van der Waals surface area contributed by atoms with E-state index in [1.165, 1.54) is 5.56 Å². The van der Waals surface area contributed by atoms with Gasteiger partial charge in [0.2, 0.25) is 5.91 Å². The molecule has 0 saturated carbocycles. The third-order valence-corrected chi connectivity index (χ3v) is 4.79. The van der Waals surface area contributed by atoms with Gasteiger partial charge in [0.15, 0.2) is 0 Å². The number of nitrogens with zero attached hydrogens (tertiary/aromatic N) is 3. The Morgan fingerprint density at radius 1 is 1.07 bits per heavy atom. The molecule has 1 aromatic heterocycles. The number of nitrogens with one attached hydrogen (secondary N) is 2. The maximum Gasteiger partial charge on any atom is 0.225 e. The van der Waals surface area contributed by atoms with E-state index in [0.29, 0.717) is 6.42 Å². The van der Waals surface area contributed by atoms with Gasteiger partial charge in [-0.25, -0.2) is 4.98 Å². The molecule has 2 N–H and O–H groups in total. The highest BCUT2D eigenvalue weighted by Crippen LogP contribution is 2.13. The molecule has 0 bridgehead atoms. The van der Waals surface area contributed by atoms with E-state index in [9.17, 15) is 4.79 Å². The molecule has 2 heterocycles. The van der Waals surface area contributed by atoms with Crippen molar-refractivity contribution in [3.05, 3.63) is 54.2 Å². The van der Waals surface area contributed by atoms with Crippen molar-refractivity contribution >= 4 is 42.2 Å². The number of pyridine rings is 1. The zero-order valence-corrected chi connectivity index (χ0v) is 18.5. The van der Waals surface area contributed by atoms with Crippen molar-refractivity contribution in [2.24, 2.45) is 0 Å². The molecule has 6 nitrogen and oxygen atoms in total. The molecule has 0 unspecified atom stereocenters. The van der Waals surface area contributed by atoms with E-state index in [1.807, 2.05) is 42.6 Å². The largest absolute Gasteiger partial charge is 0.354 e. The highest BCUT2D eigenvalue weighted by molar-refractivity contribution is 5.90. The fraction of sp³-hybridized carbons (Fsp3) is 0.429. The highest BCUT2D eigenvalue weighted by Gasteiger charge is 2.18. The number of benzene rings is 1. The molecular weight excluding hydrogens is 409 g/mol. The fourth-order valence-electron chi connectivity index (χ4n) is 3.25. The van der Waals surface area contributed by atoms with E-state index in [1.54, 1.807) is 0 Å². The summed E-state index contributed by atoms with van der Waals surface area (Å²) in [7, 11) is 0. The van der Waals surface area contributed by atoms with Crippen molar-refractivity contribution < 1.29 is 4.79 Å². The Bertz CT molecular complexity index is 724. The summed E-state index contributed by atoms with van der Waals surface area (Å²) < 4.78 is 0. The quantitative estimate of drug-likeness (QED) is 0.661. The fourth-order valence-corrected chi connectivity index (χ4v) is 3.25. The number of aromatic nitrogens is 1. The summed E-state index contributed by atoms with van der Waals surface area (Å²) in [5.74, 6) is 1.11. The summed E-state index contributed by atoms with van der Waals surface area (Å²) in [5.41, 5.74) is 2.05. The predicted octanol–water partition coefficient (Wildman–Crippen LogP) is 3.19. The molecule has 0 aliphatic carbocycles. The van der Waals surface area contributed by atoms with Gasteiger partial charge in [0, 0.05) is 57.6 Å². The maximum atomic E-state index is 12.3. The van der Waals surface area contributed by atoms with E-state index in [4.69, 9.17) is 0 Å². The molecule has 29 heavy (non-hydrogen) atoms. The van der Waals surface area contributed by atoms with Crippen LogP contribution in [0.15, 0.2) is 48.7 Å². The van der Waals surface area contributed by atoms with E-state index < -0.39 is 0 Å². The number of hydrogen-bond donors (Lipinski definition) is 2. The number of rotatable bonds is 8. The molecule has 0 radical (unpaired) electrons. The molecule has 1 amide bonds. The summed E-state index contributed by atoms with van der Waals surface area (Å²) in [6, 6.07) is 14.0. The first-order valence-corrected chi connectivity index (χ1v) is 9.72. The van der Waals surface area contributed by atoms with Gasteiger partial charge in [0.25, 0.3) is 0 Å². The molecule has 1 saturated heterocycles. The zero-order chi connectivity index (χ0) is 18.9. The third-order valence-electron chi connectivity index (χ3n) is 4.79. The molecule has 0 atom stereocenters. The van der Waals surface area contributed by atoms with E-state index in [0.717, 1.165) is 57.3 Å². The van der Waals surface area contributed by atoms with Gasteiger partial charge in [0.05, 0.1) is 0 Å². The van der Waals surface area contributed by atoms with Crippen molar-refractivity contribution in [2.45, 2.75) is 19.9 Å². The van der Waals surface area contributed by atoms with Gasteiger partial charge in [-0.2, -0.15) is 0 Å². The van der Waals surface area contributed by atoms with Crippen molar-refractivity contribution in [3.63, 3.8) is 0 Å². The smallest absolute Gasteiger partial charge is 0.225 e. The van der Waals surface area contributed by atoms with Crippen LogP contribution in [0.3, 0.4) is 0 Å². The molecule has 1 aliphatic heterocycles. The standard InChI is InChI=1S/C21H29N5O.2ClH/c1-2-22-17-18-6-5-7-19(16-18)24-21(27)9-11-25-12-14-26(15-13-25)20-8-3-4-10-23-20;;/h3-8,10,16,22H,2,9,11-15,17H2,1H3,(H,24,27);2*1H. The first kappa shape index (κ1) is 25.2. The number of hydrogen-bond acceptors (Lipinski definition) is 5. The monoisotopic (exact) mass is 439 g/mol. The van der Waals surface area contributed by atoms with Gasteiger partial charge in [-0.05, 0) is 36.4 Å². The number of halogens is 2. The first-order valence-electron chi connectivity index (χ1n) is 9.72. The second-order valence-corrected chi connectivity index (χ2v) is 6.80. The van der Waals surface area contributed by atoms with Crippen LogP contribution >= 0.6 is 24.8 Å². The third kappa shape index (κ3) is 8.19. The zero-order valence-electron chi connectivity index (χ0n) is 16.8. The number of carbonyl (C=O) groups excluding carboxylic acids is 1. The summed E-state index contributed by atoms with van der Waals surface area (Å²) in [5, 5.41) is 6.32. The van der Waals surface area contributed by atoms with Gasteiger partial charge in [-0.15, -0.1) is 24.8 Å². The van der Waals surface area contributed by atoms with E-state index >= 15 is 0 Å². The summed E-state index contributed by atoms with van der Waals surface area (Å²) in [6.45, 7) is 8.45. The predicted molar refractivity (Wildman–Crippen MR) is 124 cm³/mol. The summed E-state index contributed by atoms with van der Waals surface area (Å²) in [4.78, 5) is 21.4. The van der Waals surface area contributed by atoms with Crippen LogP contribution in [0.2, 0.25) is 0 Å². The molecule has 160 valence electrons. The molecule has 8 heteroatoms. The van der Waals surface area contributed by atoms with Crippen molar-refractivity contribution in [3.8, 4) is 0 Å². The Morgan fingerprint density at radius 3 is 2.55 bits per heavy atom. The minimum atomic E-state index is 0. The van der Waals surface area contributed by atoms with Crippen LogP contribution in [0.4, 0.5) is 11.5 Å². The molecule has 1 fully saturated rings. The lowest BCUT2D eigenvalue weighted by molar-refractivity contribution is -0.116. The van der Waals surface area contributed by atoms with Crippen LogP contribution in [-0.4, -0.2) is 55.1 Å². The highest BCUT2D eigenvalue weighted by atomic mass is 35.5. The van der Waals surface area contributed by atoms with Gasteiger partial charge in [0.1, 0.15) is 5.82 Å². The van der Waals surface area contributed by atoms with Crippen molar-refractivity contribution in [1.29, 1.82) is 0 Å². The normalized spacial score (nSPS) is 13.9. The lowest BCUT2D eigenvalue weighted by Crippen LogP contribution is -2.47. The topological polar surface area (TPSA) is 60.5 Å². The lowest BCUT2D eigenvalue weighted by atomic mass is 10.2. The molecule has 0 spiro atoms. The van der Waals surface area contributed by atoms with Gasteiger partial charge < -0.3 is 15.5 Å². The average molecular weight is 440 g/mol. The van der Waals surface area contributed by atoms with Crippen molar-refractivity contribution in [2.75, 3.05) is 49.5 Å². The first-order chi connectivity index (χ1) is 13.2. The van der Waals surface area contributed by atoms with Crippen LogP contribution in [-0.2, 0) is 11.3 Å². The van der Waals surface area contributed by atoms with Crippen LogP contribution in [0, 0.1) is 0 Å². The number of carbonyl (C=O) groups is 1. The minimum Gasteiger partial charge on any atom is -0.354 e. The summed E-state index contributed by atoms with van der Waals surface area (Å²) >= 11 is 0. The maximum absolute atomic E-state index is 12.3. The SMILES string of the molecule is CCNCc1cccc(NC(=O)CCN2CCN(c3ccccn3)CC2)c1.Cl.Cl. The molecule has 3 rings (SSSR count). The van der Waals surface area contributed by atoms with Gasteiger partial charge in [-0.3, -0.25) is 9.69 Å².